The van der Waals surface area contributed by atoms with E-state index >= 15 is 0 Å². The molecule has 0 fully saturated rings. The third-order valence-electron chi connectivity index (χ3n) is 2.95. The highest BCUT2D eigenvalue weighted by atomic mass is 19.1. The molecule has 0 bridgehead atoms. The molecule has 0 atom stereocenters. The predicted octanol–water partition coefficient (Wildman–Crippen LogP) is 2.97. The van der Waals surface area contributed by atoms with Crippen molar-refractivity contribution in [2.75, 3.05) is 5.01 Å². The molecule has 0 aliphatic carbocycles. The van der Waals surface area contributed by atoms with Crippen LogP contribution in [0.5, 0.6) is 0 Å². The van der Waals surface area contributed by atoms with Crippen molar-refractivity contribution in [1.29, 1.82) is 0 Å². The van der Waals surface area contributed by atoms with Crippen molar-refractivity contribution in [3.05, 3.63) is 66.0 Å². The topological polar surface area (TPSA) is 32.7 Å². The zero-order valence-corrected chi connectivity index (χ0v) is 10.1. The highest BCUT2D eigenvalue weighted by molar-refractivity contribution is 6.19. The molecule has 0 N–H and O–H groups in total. The van der Waals surface area contributed by atoms with Gasteiger partial charge in [0.15, 0.2) is 0 Å². The Kier molecular flexibility index (Phi) is 2.83. The van der Waals surface area contributed by atoms with Crippen LogP contribution in [0.4, 0.5) is 10.1 Å². The Morgan fingerprint density at radius 2 is 1.68 bits per heavy atom. The number of rotatable bonds is 2. The summed E-state index contributed by atoms with van der Waals surface area (Å²) in [5.74, 6) is -0.376. The first-order valence-electron chi connectivity index (χ1n) is 5.95. The van der Waals surface area contributed by atoms with Gasteiger partial charge in [-0.05, 0) is 29.8 Å². The maximum absolute atomic E-state index is 12.9. The molecule has 1 amide bonds. The summed E-state index contributed by atoms with van der Waals surface area (Å²) < 4.78 is 12.9. The molecule has 94 valence electrons. The molecule has 2 aromatic rings. The lowest BCUT2D eigenvalue weighted by Gasteiger charge is -2.10. The minimum Gasteiger partial charge on any atom is -0.272 e. The van der Waals surface area contributed by atoms with Crippen LogP contribution >= 0.6 is 0 Å². The van der Waals surface area contributed by atoms with Gasteiger partial charge in [-0.15, -0.1) is 0 Å². The van der Waals surface area contributed by atoms with E-state index in [1.807, 2.05) is 30.3 Å². The Hall–Kier alpha value is -2.49. The van der Waals surface area contributed by atoms with E-state index in [0.29, 0.717) is 5.71 Å². The third kappa shape index (κ3) is 2.25. The fraction of sp³-hybridized carbons (Fsp3) is 0.0667. The largest absolute Gasteiger partial charge is 0.272 e. The van der Waals surface area contributed by atoms with E-state index in [0.717, 1.165) is 11.3 Å². The summed E-state index contributed by atoms with van der Waals surface area (Å²) in [5.41, 5.74) is 2.17. The van der Waals surface area contributed by atoms with Gasteiger partial charge in [-0.25, -0.2) is 9.40 Å². The van der Waals surface area contributed by atoms with E-state index in [1.54, 1.807) is 12.1 Å². The Bertz CT molecular complexity index is 635. The number of para-hydroxylation sites is 1. The van der Waals surface area contributed by atoms with Crippen LogP contribution < -0.4 is 5.01 Å². The van der Waals surface area contributed by atoms with Crippen LogP contribution in [0.3, 0.4) is 0 Å². The first-order valence-corrected chi connectivity index (χ1v) is 5.95. The van der Waals surface area contributed by atoms with Gasteiger partial charge in [-0.3, -0.25) is 4.79 Å². The third-order valence-corrected chi connectivity index (χ3v) is 2.95. The average molecular weight is 254 g/mol. The summed E-state index contributed by atoms with van der Waals surface area (Å²) in [5, 5.41) is 5.70. The molecular weight excluding hydrogens is 243 g/mol. The summed E-state index contributed by atoms with van der Waals surface area (Å²) in [6, 6.07) is 15.3. The Balaban J connectivity index is 1.93. The fourth-order valence-electron chi connectivity index (χ4n) is 2.00. The number of hydrogen-bond acceptors (Lipinski definition) is 2. The average Bonchev–Trinajstić information content (AvgIpc) is 2.83. The number of nitrogens with zero attached hydrogens (tertiary/aromatic N) is 2. The van der Waals surface area contributed by atoms with Gasteiger partial charge in [0.1, 0.15) is 5.82 Å². The molecule has 1 aliphatic heterocycles. The van der Waals surface area contributed by atoms with E-state index < -0.39 is 0 Å². The van der Waals surface area contributed by atoms with Crippen LogP contribution in [0, 0.1) is 5.82 Å². The Labute approximate surface area is 110 Å². The number of anilines is 1. The van der Waals surface area contributed by atoms with Gasteiger partial charge < -0.3 is 0 Å². The molecule has 3 rings (SSSR count). The molecular formula is C15H11FN2O. The van der Waals surface area contributed by atoms with Gasteiger partial charge in [0, 0.05) is 0 Å². The zero-order valence-electron chi connectivity index (χ0n) is 10.1. The minimum absolute atomic E-state index is 0.0782. The number of amides is 1. The Morgan fingerprint density at radius 3 is 2.37 bits per heavy atom. The number of carbonyl (C=O) groups is 1. The molecule has 1 heterocycles. The maximum atomic E-state index is 12.9. The normalized spacial score (nSPS) is 14.7. The molecule has 1 aliphatic rings. The van der Waals surface area contributed by atoms with Gasteiger partial charge in [0.2, 0.25) is 0 Å². The standard InChI is InChI=1S/C15H11FN2O/c16-12-8-6-11(7-9-12)14-10-15(19)18(17-14)13-4-2-1-3-5-13/h1-9H,10H2. The quantitative estimate of drug-likeness (QED) is 0.811. The summed E-state index contributed by atoms with van der Waals surface area (Å²) in [6.07, 6.45) is 0.237. The van der Waals surface area contributed by atoms with Crippen molar-refractivity contribution in [2.24, 2.45) is 5.10 Å². The second-order valence-electron chi connectivity index (χ2n) is 4.27. The van der Waals surface area contributed by atoms with E-state index in [9.17, 15) is 9.18 Å². The van der Waals surface area contributed by atoms with Crippen molar-refractivity contribution in [3.8, 4) is 0 Å². The van der Waals surface area contributed by atoms with Gasteiger partial charge in [0.05, 0.1) is 17.8 Å². The number of carbonyl (C=O) groups excluding carboxylic acids is 1. The van der Waals surface area contributed by atoms with E-state index in [1.165, 1.54) is 17.1 Å². The smallest absolute Gasteiger partial charge is 0.253 e. The van der Waals surface area contributed by atoms with E-state index in [-0.39, 0.29) is 18.1 Å². The molecule has 0 saturated carbocycles. The molecule has 3 nitrogen and oxygen atoms in total. The summed E-state index contributed by atoms with van der Waals surface area (Å²) in [7, 11) is 0. The molecule has 0 radical (unpaired) electrons. The number of hydrazone groups is 1. The number of hydrogen-bond donors (Lipinski definition) is 0. The lowest BCUT2D eigenvalue weighted by Crippen LogP contribution is -2.19. The lowest BCUT2D eigenvalue weighted by molar-refractivity contribution is -0.116. The van der Waals surface area contributed by atoms with Crippen LogP contribution in [0.2, 0.25) is 0 Å². The summed E-state index contributed by atoms with van der Waals surface area (Å²) >= 11 is 0. The second kappa shape index (κ2) is 4.65. The highest BCUT2D eigenvalue weighted by Crippen LogP contribution is 2.22. The van der Waals surface area contributed by atoms with Gasteiger partial charge >= 0.3 is 0 Å². The molecule has 0 spiro atoms. The predicted molar refractivity (Wildman–Crippen MR) is 71.5 cm³/mol. The van der Waals surface area contributed by atoms with Crippen molar-refractivity contribution < 1.29 is 9.18 Å². The van der Waals surface area contributed by atoms with Gasteiger partial charge in [0.25, 0.3) is 5.91 Å². The van der Waals surface area contributed by atoms with Crippen molar-refractivity contribution in [1.82, 2.24) is 0 Å². The minimum atomic E-state index is -0.298. The van der Waals surface area contributed by atoms with Crippen LogP contribution in [0.15, 0.2) is 59.7 Å². The Morgan fingerprint density at radius 1 is 1.00 bits per heavy atom. The number of halogens is 1. The molecule has 0 aromatic heterocycles. The fourth-order valence-corrected chi connectivity index (χ4v) is 2.00. The van der Waals surface area contributed by atoms with E-state index in [2.05, 4.69) is 5.10 Å². The molecule has 4 heteroatoms. The lowest BCUT2D eigenvalue weighted by atomic mass is 10.1. The van der Waals surface area contributed by atoms with Crippen molar-refractivity contribution in [2.45, 2.75) is 6.42 Å². The van der Waals surface area contributed by atoms with Gasteiger partial charge in [-0.1, -0.05) is 30.3 Å². The van der Waals surface area contributed by atoms with Crippen LogP contribution in [-0.2, 0) is 4.79 Å². The van der Waals surface area contributed by atoms with E-state index in [4.69, 9.17) is 0 Å². The highest BCUT2D eigenvalue weighted by Gasteiger charge is 2.25. The monoisotopic (exact) mass is 254 g/mol. The van der Waals surface area contributed by atoms with Crippen molar-refractivity contribution in [3.63, 3.8) is 0 Å². The van der Waals surface area contributed by atoms with Gasteiger partial charge in [-0.2, -0.15) is 5.10 Å². The SMILES string of the molecule is O=C1CC(c2ccc(F)cc2)=NN1c1ccccc1. The summed E-state index contributed by atoms with van der Waals surface area (Å²) in [4.78, 5) is 12.0. The first-order chi connectivity index (χ1) is 9.24. The maximum Gasteiger partial charge on any atom is 0.253 e. The molecule has 0 unspecified atom stereocenters. The molecule has 2 aromatic carbocycles. The summed E-state index contributed by atoms with van der Waals surface area (Å²) in [6.45, 7) is 0. The second-order valence-corrected chi connectivity index (χ2v) is 4.27. The van der Waals surface area contributed by atoms with Crippen LogP contribution in [-0.4, -0.2) is 11.6 Å². The molecule has 0 saturated heterocycles. The van der Waals surface area contributed by atoms with Crippen molar-refractivity contribution >= 4 is 17.3 Å². The first kappa shape index (κ1) is 11.6. The number of benzene rings is 2. The van der Waals surface area contributed by atoms with Crippen LogP contribution in [0.1, 0.15) is 12.0 Å². The molecule has 19 heavy (non-hydrogen) atoms. The van der Waals surface area contributed by atoms with Crippen LogP contribution in [0.25, 0.3) is 0 Å². The zero-order chi connectivity index (χ0) is 13.2.